The Morgan fingerprint density at radius 2 is 2.09 bits per heavy atom. The summed E-state index contributed by atoms with van der Waals surface area (Å²) in [4.78, 5) is 16.1. The Morgan fingerprint density at radius 3 is 2.78 bits per heavy atom. The van der Waals surface area contributed by atoms with Gasteiger partial charge in [0.05, 0.1) is 26.5 Å². The number of hydrogen-bond acceptors (Lipinski definition) is 6. The number of methoxy groups -OCH3 is 3. The highest BCUT2D eigenvalue weighted by Crippen LogP contribution is 2.34. The number of aromatic nitrogens is 1. The predicted molar refractivity (Wildman–Crippen MR) is 89.6 cm³/mol. The molecule has 2 N–H and O–H groups in total. The van der Waals surface area contributed by atoms with Crippen LogP contribution < -0.4 is 20.1 Å². The molecule has 0 radical (unpaired) electrons. The van der Waals surface area contributed by atoms with Crippen molar-refractivity contribution in [3.8, 4) is 22.8 Å². The lowest BCUT2D eigenvalue weighted by molar-refractivity contribution is 0.198. The van der Waals surface area contributed by atoms with Crippen LogP contribution >= 0.6 is 11.3 Å². The van der Waals surface area contributed by atoms with Gasteiger partial charge in [-0.3, -0.25) is 5.32 Å². The van der Waals surface area contributed by atoms with E-state index in [2.05, 4.69) is 15.6 Å². The van der Waals surface area contributed by atoms with E-state index in [1.54, 1.807) is 21.3 Å². The molecule has 2 aromatic rings. The van der Waals surface area contributed by atoms with Gasteiger partial charge in [0.15, 0.2) is 5.13 Å². The van der Waals surface area contributed by atoms with Crippen LogP contribution in [0.15, 0.2) is 23.6 Å². The van der Waals surface area contributed by atoms with Crippen LogP contribution in [0.4, 0.5) is 9.93 Å². The molecule has 0 aliphatic heterocycles. The number of anilines is 1. The lowest BCUT2D eigenvalue weighted by atomic mass is 10.1. The minimum atomic E-state index is -0.319. The lowest BCUT2D eigenvalue weighted by Gasteiger charge is -2.08. The molecule has 0 fully saturated rings. The smallest absolute Gasteiger partial charge is 0.321 e. The fourth-order valence-corrected chi connectivity index (χ4v) is 2.58. The molecule has 23 heavy (non-hydrogen) atoms. The molecule has 0 spiro atoms. The highest BCUT2D eigenvalue weighted by molar-refractivity contribution is 7.14. The van der Waals surface area contributed by atoms with Crippen LogP contribution in [0.5, 0.6) is 11.5 Å². The minimum Gasteiger partial charge on any atom is -0.497 e. The second-order valence-electron chi connectivity index (χ2n) is 4.48. The Labute approximate surface area is 138 Å². The third-order valence-corrected chi connectivity index (χ3v) is 3.76. The van der Waals surface area contributed by atoms with Gasteiger partial charge in [0.1, 0.15) is 11.5 Å². The first-order valence-corrected chi connectivity index (χ1v) is 7.77. The maximum absolute atomic E-state index is 11.7. The Bertz CT molecular complexity index is 660. The second-order valence-corrected chi connectivity index (χ2v) is 5.34. The first-order valence-electron chi connectivity index (χ1n) is 6.89. The number of hydrogen-bond donors (Lipinski definition) is 2. The van der Waals surface area contributed by atoms with Crippen LogP contribution in [-0.4, -0.2) is 45.5 Å². The van der Waals surface area contributed by atoms with Gasteiger partial charge in [0.2, 0.25) is 0 Å². The van der Waals surface area contributed by atoms with Crippen molar-refractivity contribution >= 4 is 22.5 Å². The summed E-state index contributed by atoms with van der Waals surface area (Å²) in [6.07, 6.45) is 0. The molecule has 0 aliphatic rings. The molecule has 0 saturated heterocycles. The summed E-state index contributed by atoms with van der Waals surface area (Å²) in [5.41, 5.74) is 1.51. The summed E-state index contributed by atoms with van der Waals surface area (Å²) >= 11 is 1.33. The van der Waals surface area contributed by atoms with Gasteiger partial charge in [-0.05, 0) is 18.2 Å². The van der Waals surface area contributed by atoms with E-state index in [1.165, 1.54) is 11.3 Å². The quantitative estimate of drug-likeness (QED) is 0.759. The zero-order chi connectivity index (χ0) is 16.7. The van der Waals surface area contributed by atoms with Crippen LogP contribution in [-0.2, 0) is 4.74 Å². The lowest BCUT2D eigenvalue weighted by Crippen LogP contribution is -2.31. The zero-order valence-corrected chi connectivity index (χ0v) is 14.0. The molecule has 0 saturated carbocycles. The maximum atomic E-state index is 11.7. The summed E-state index contributed by atoms with van der Waals surface area (Å²) < 4.78 is 15.5. The molecule has 0 bridgehead atoms. The van der Waals surface area contributed by atoms with E-state index in [4.69, 9.17) is 14.2 Å². The second kappa shape index (κ2) is 8.35. The van der Waals surface area contributed by atoms with Crippen LogP contribution in [0.2, 0.25) is 0 Å². The van der Waals surface area contributed by atoms with Crippen molar-refractivity contribution in [2.45, 2.75) is 0 Å². The average Bonchev–Trinajstić information content (AvgIpc) is 3.02. The fraction of sp³-hybridized carbons (Fsp3) is 0.333. The number of urea groups is 1. The molecule has 1 heterocycles. The van der Waals surface area contributed by atoms with Gasteiger partial charge in [-0.15, -0.1) is 11.3 Å². The molecule has 8 heteroatoms. The van der Waals surface area contributed by atoms with Crippen molar-refractivity contribution in [2.75, 3.05) is 39.8 Å². The van der Waals surface area contributed by atoms with E-state index >= 15 is 0 Å². The third-order valence-electron chi connectivity index (χ3n) is 3.00. The summed E-state index contributed by atoms with van der Waals surface area (Å²) in [5, 5.41) is 7.70. The number of ether oxygens (including phenoxy) is 3. The normalized spacial score (nSPS) is 10.2. The average molecular weight is 337 g/mol. The number of nitrogens with zero attached hydrogens (tertiary/aromatic N) is 1. The van der Waals surface area contributed by atoms with Crippen molar-refractivity contribution in [3.63, 3.8) is 0 Å². The van der Waals surface area contributed by atoms with Crippen molar-refractivity contribution in [1.29, 1.82) is 0 Å². The van der Waals surface area contributed by atoms with E-state index in [0.29, 0.717) is 35.5 Å². The van der Waals surface area contributed by atoms with Gasteiger partial charge in [-0.1, -0.05) is 0 Å². The minimum absolute atomic E-state index is 0.319. The Hall–Kier alpha value is -2.32. The predicted octanol–water partition coefficient (Wildman–Crippen LogP) is 2.60. The molecule has 2 amide bonds. The maximum Gasteiger partial charge on any atom is 0.321 e. The molecular weight excluding hydrogens is 318 g/mol. The monoisotopic (exact) mass is 337 g/mol. The molecule has 1 aromatic carbocycles. The molecule has 2 rings (SSSR count). The standard InChI is InChI=1S/C15H19N3O4S/c1-20-7-6-16-14(19)18-15-17-12(9-23-15)11-8-10(21-2)4-5-13(11)22-3/h4-5,8-9H,6-7H2,1-3H3,(H2,16,17,18,19). The summed E-state index contributed by atoms with van der Waals surface area (Å²) in [6, 6.07) is 5.16. The number of nitrogens with one attached hydrogen (secondary N) is 2. The van der Waals surface area contributed by atoms with Crippen LogP contribution in [0, 0.1) is 0 Å². The third kappa shape index (κ3) is 4.57. The molecular formula is C15H19N3O4S. The number of rotatable bonds is 7. The highest BCUT2D eigenvalue weighted by atomic mass is 32.1. The first-order chi connectivity index (χ1) is 11.2. The van der Waals surface area contributed by atoms with Gasteiger partial charge in [0, 0.05) is 24.6 Å². The number of amides is 2. The van der Waals surface area contributed by atoms with E-state index < -0.39 is 0 Å². The number of carbonyl (C=O) groups is 1. The Morgan fingerprint density at radius 1 is 1.26 bits per heavy atom. The summed E-state index contributed by atoms with van der Waals surface area (Å²) in [5.74, 6) is 1.40. The van der Waals surface area contributed by atoms with E-state index in [9.17, 15) is 4.79 Å². The molecule has 0 atom stereocenters. The van der Waals surface area contributed by atoms with Gasteiger partial charge in [-0.25, -0.2) is 9.78 Å². The van der Waals surface area contributed by atoms with Gasteiger partial charge < -0.3 is 19.5 Å². The molecule has 1 aromatic heterocycles. The Balaban J connectivity index is 2.11. The number of benzene rings is 1. The van der Waals surface area contributed by atoms with E-state index in [0.717, 1.165) is 5.56 Å². The van der Waals surface area contributed by atoms with Gasteiger partial charge in [0.25, 0.3) is 0 Å². The largest absolute Gasteiger partial charge is 0.497 e. The van der Waals surface area contributed by atoms with Crippen molar-refractivity contribution in [2.24, 2.45) is 0 Å². The van der Waals surface area contributed by atoms with E-state index in [1.807, 2.05) is 23.6 Å². The molecule has 0 unspecified atom stereocenters. The molecule has 124 valence electrons. The summed E-state index contributed by atoms with van der Waals surface area (Å²) in [7, 11) is 4.78. The van der Waals surface area contributed by atoms with Gasteiger partial charge in [-0.2, -0.15) is 0 Å². The van der Waals surface area contributed by atoms with Crippen molar-refractivity contribution < 1.29 is 19.0 Å². The van der Waals surface area contributed by atoms with Gasteiger partial charge >= 0.3 is 6.03 Å². The number of carbonyl (C=O) groups excluding carboxylic acids is 1. The number of thiazole rings is 1. The summed E-state index contributed by atoms with van der Waals surface area (Å²) in [6.45, 7) is 0.891. The Kier molecular flexibility index (Phi) is 6.19. The van der Waals surface area contributed by atoms with Crippen molar-refractivity contribution in [3.05, 3.63) is 23.6 Å². The highest BCUT2D eigenvalue weighted by Gasteiger charge is 2.12. The van der Waals surface area contributed by atoms with E-state index in [-0.39, 0.29) is 6.03 Å². The fourth-order valence-electron chi connectivity index (χ4n) is 1.88. The zero-order valence-electron chi connectivity index (χ0n) is 13.2. The first kappa shape index (κ1) is 17.0. The van der Waals surface area contributed by atoms with Crippen LogP contribution in [0.3, 0.4) is 0 Å². The van der Waals surface area contributed by atoms with Crippen LogP contribution in [0.25, 0.3) is 11.3 Å². The molecule has 0 aliphatic carbocycles. The topological polar surface area (TPSA) is 81.7 Å². The molecule has 7 nitrogen and oxygen atoms in total. The van der Waals surface area contributed by atoms with Crippen molar-refractivity contribution in [1.82, 2.24) is 10.3 Å². The SMILES string of the molecule is COCCNC(=O)Nc1nc(-c2cc(OC)ccc2OC)cs1. The van der Waals surface area contributed by atoms with Crippen LogP contribution in [0.1, 0.15) is 0 Å².